The zero-order valence-electron chi connectivity index (χ0n) is 20.6. The molecule has 3 aromatic rings. The Kier molecular flexibility index (Phi) is 13.4. The van der Waals surface area contributed by atoms with Crippen molar-refractivity contribution in [2.75, 3.05) is 26.3 Å². The van der Waals surface area contributed by atoms with Gasteiger partial charge in [-0.25, -0.2) is 10.7 Å². The van der Waals surface area contributed by atoms with Crippen molar-refractivity contribution in [3.8, 4) is 17.6 Å². The van der Waals surface area contributed by atoms with Crippen LogP contribution in [0.5, 0.6) is 5.75 Å². The molecule has 2 heterocycles. The van der Waals surface area contributed by atoms with Gasteiger partial charge in [0.2, 0.25) is 0 Å². The van der Waals surface area contributed by atoms with Crippen molar-refractivity contribution in [2.45, 2.75) is 25.5 Å². The van der Waals surface area contributed by atoms with E-state index in [4.69, 9.17) is 38.5 Å². The number of fused-ring (bicyclic) bond motifs is 3. The number of hydrogen-bond acceptors (Lipinski definition) is 7. The monoisotopic (exact) mass is 601 g/mol. The molecule has 0 aliphatic carbocycles. The Labute approximate surface area is 246 Å². The van der Waals surface area contributed by atoms with Gasteiger partial charge >= 0.3 is 0 Å². The van der Waals surface area contributed by atoms with Gasteiger partial charge in [-0.2, -0.15) is 0 Å². The van der Waals surface area contributed by atoms with Crippen molar-refractivity contribution in [1.82, 2.24) is 9.99 Å². The Hall–Kier alpha value is -2.13. The summed E-state index contributed by atoms with van der Waals surface area (Å²) in [5.41, 5.74) is 9.85. The van der Waals surface area contributed by atoms with E-state index in [2.05, 4.69) is 21.7 Å². The number of nitrogens with two attached hydrogens (primary N) is 2. The molecule has 7 N–H and O–H groups in total. The largest absolute Gasteiger partial charge is 0.650 e. The molecular formula is C26H31ClN5O4Y-. The second-order valence-corrected chi connectivity index (χ2v) is 8.47. The number of hydrogen-bond donors (Lipinski definition) is 5. The molecule has 9 nitrogen and oxygen atoms in total. The van der Waals surface area contributed by atoms with Crippen LogP contribution in [0.1, 0.15) is 29.8 Å². The minimum atomic E-state index is -0.736. The Morgan fingerprint density at radius 3 is 2.70 bits per heavy atom. The normalized spacial score (nSPS) is 15.0. The van der Waals surface area contributed by atoms with Crippen LogP contribution in [-0.4, -0.2) is 52.8 Å². The maximum atomic E-state index is 10.0. The maximum Gasteiger partial charge on any atom is 0.142 e. The first-order chi connectivity index (χ1) is 17.5. The number of aromatic amines is 1. The number of halogens is 1. The third-order valence-corrected chi connectivity index (χ3v) is 5.73. The van der Waals surface area contributed by atoms with Gasteiger partial charge in [-0.1, -0.05) is 41.3 Å². The second-order valence-electron chi connectivity index (χ2n) is 8.04. The van der Waals surface area contributed by atoms with Crippen LogP contribution < -0.4 is 16.3 Å². The first-order valence-corrected chi connectivity index (χ1v) is 11.8. The van der Waals surface area contributed by atoms with Crippen molar-refractivity contribution >= 4 is 22.5 Å². The van der Waals surface area contributed by atoms with Crippen LogP contribution in [0.25, 0.3) is 16.2 Å². The van der Waals surface area contributed by atoms with Crippen LogP contribution in [0.3, 0.4) is 0 Å². The number of aliphatic hydroxyl groups excluding tert-OH is 1. The van der Waals surface area contributed by atoms with E-state index in [1.807, 2.05) is 42.5 Å². The number of benzene rings is 2. The average molecular weight is 602 g/mol. The van der Waals surface area contributed by atoms with Gasteiger partial charge in [-0.15, -0.1) is 12.5 Å². The number of nitrogens with one attached hydrogen (secondary N) is 1. The number of aromatic nitrogens is 1. The van der Waals surface area contributed by atoms with Crippen LogP contribution >= 0.6 is 11.6 Å². The summed E-state index contributed by atoms with van der Waals surface area (Å²) in [6, 6.07) is 13.7. The molecule has 0 saturated carbocycles. The van der Waals surface area contributed by atoms with Crippen LogP contribution in [0.4, 0.5) is 0 Å². The summed E-state index contributed by atoms with van der Waals surface area (Å²) < 4.78 is 5.68. The number of nitrogens with zero attached hydrogens (tertiary/aromatic N) is 2. The molecule has 0 spiro atoms. The Morgan fingerprint density at radius 2 is 2.05 bits per heavy atom. The maximum absolute atomic E-state index is 10.0. The molecule has 11 heteroatoms. The first-order valence-electron chi connectivity index (χ1n) is 11.4. The standard InChI is InChI=1S/C22H25ClN5O2.C4H6O2.Y/c23-15-3-6-20-19(11-15)18-7-9-26-21(22(18)27-20)14-1-4-17(5-2-14)30-13-16(29)12-28(25)10-8-24;1-2-3-4-6-5;/h1-6,8,10-11,16,21,27,29H,7,9,12-13,24-25H2;5H,4H2,1H3;/q-1;;/b10-8-;;. The van der Waals surface area contributed by atoms with Gasteiger partial charge in [0.1, 0.15) is 25.1 Å². The Bertz CT molecular complexity index is 1210. The van der Waals surface area contributed by atoms with Crippen LogP contribution in [0, 0.1) is 11.8 Å². The molecule has 2 atom stereocenters. The Morgan fingerprint density at radius 1 is 1.30 bits per heavy atom. The summed E-state index contributed by atoms with van der Waals surface area (Å²) in [5, 5.41) is 25.7. The van der Waals surface area contributed by atoms with Crippen LogP contribution in [0.15, 0.2) is 54.9 Å². The molecule has 1 radical (unpaired) electrons. The second kappa shape index (κ2) is 16.0. The van der Waals surface area contributed by atoms with E-state index in [0.717, 1.165) is 34.8 Å². The van der Waals surface area contributed by atoms with E-state index in [1.165, 1.54) is 28.4 Å². The fraction of sp³-hybridized carbons (Fsp3) is 0.308. The fourth-order valence-corrected chi connectivity index (χ4v) is 4.10. The molecule has 2 unspecified atom stereocenters. The quantitative estimate of drug-likeness (QED) is 0.115. The number of aliphatic hydroxyl groups is 1. The van der Waals surface area contributed by atoms with Crippen molar-refractivity contribution in [1.29, 1.82) is 0 Å². The molecule has 1 aromatic heterocycles. The number of rotatable bonds is 8. The van der Waals surface area contributed by atoms with E-state index >= 15 is 0 Å². The van der Waals surface area contributed by atoms with Crippen molar-refractivity contribution < 1.29 is 52.7 Å². The van der Waals surface area contributed by atoms with E-state index in [-0.39, 0.29) is 58.5 Å². The number of hydrazine groups is 1. The van der Waals surface area contributed by atoms with E-state index in [9.17, 15) is 5.11 Å². The molecule has 37 heavy (non-hydrogen) atoms. The molecule has 1 aliphatic rings. The molecule has 0 fully saturated rings. The molecular weight excluding hydrogens is 571 g/mol. The van der Waals surface area contributed by atoms with Gasteiger partial charge in [0.05, 0.1) is 6.54 Å². The van der Waals surface area contributed by atoms with E-state index in [1.54, 1.807) is 6.92 Å². The molecule has 0 saturated heterocycles. The summed E-state index contributed by atoms with van der Waals surface area (Å²) in [7, 11) is 0. The van der Waals surface area contributed by atoms with E-state index < -0.39 is 6.10 Å². The topological polar surface area (TPSA) is 144 Å². The summed E-state index contributed by atoms with van der Waals surface area (Å²) in [6.45, 7) is 2.91. The zero-order valence-corrected chi connectivity index (χ0v) is 24.2. The Balaban J connectivity index is 0.000000618. The summed E-state index contributed by atoms with van der Waals surface area (Å²) in [4.78, 5) is 7.14. The molecule has 195 valence electrons. The van der Waals surface area contributed by atoms with Gasteiger partial charge in [0.15, 0.2) is 0 Å². The van der Waals surface area contributed by atoms with Gasteiger partial charge in [-0.3, -0.25) is 5.26 Å². The fourth-order valence-electron chi connectivity index (χ4n) is 3.92. The van der Waals surface area contributed by atoms with Crippen molar-refractivity contribution in [2.24, 2.45) is 11.6 Å². The summed E-state index contributed by atoms with van der Waals surface area (Å²) in [5.74, 6) is 11.3. The average Bonchev–Trinajstić information content (AvgIpc) is 3.25. The van der Waals surface area contributed by atoms with Crippen LogP contribution in [-0.2, 0) is 44.0 Å². The summed E-state index contributed by atoms with van der Waals surface area (Å²) >= 11 is 6.20. The first kappa shape index (κ1) is 31.1. The molecule has 0 bridgehead atoms. The SMILES string of the molecule is CC#CCOO.N/C=C\N(N)CC(O)COc1ccc(C2[N-]CCc3c2[nH]c2ccc(Cl)cc32)cc1.[Y]. The zero-order chi connectivity index (χ0) is 25.9. The smallest absolute Gasteiger partial charge is 0.142 e. The molecule has 1 aliphatic heterocycles. The van der Waals surface area contributed by atoms with Gasteiger partial charge in [0.25, 0.3) is 0 Å². The van der Waals surface area contributed by atoms with Crippen LogP contribution in [0.2, 0.25) is 5.02 Å². The summed E-state index contributed by atoms with van der Waals surface area (Å²) in [6.07, 6.45) is 2.97. The van der Waals surface area contributed by atoms with Crippen molar-refractivity contribution in [3.63, 3.8) is 0 Å². The molecule has 2 aromatic carbocycles. The predicted octanol–water partition coefficient (Wildman–Crippen LogP) is 3.68. The number of ether oxygens (including phenoxy) is 1. The number of H-pyrrole nitrogens is 1. The molecule has 4 rings (SSSR count). The van der Waals surface area contributed by atoms with Gasteiger partial charge < -0.3 is 30.9 Å². The minimum absolute atomic E-state index is 0. The van der Waals surface area contributed by atoms with Crippen molar-refractivity contribution in [3.05, 3.63) is 82.0 Å². The third kappa shape index (κ3) is 8.99. The predicted molar refractivity (Wildman–Crippen MR) is 141 cm³/mol. The molecule has 0 amide bonds. The van der Waals surface area contributed by atoms with E-state index in [0.29, 0.717) is 5.75 Å². The van der Waals surface area contributed by atoms with Gasteiger partial charge in [0, 0.05) is 66.7 Å². The minimum Gasteiger partial charge on any atom is -0.650 e. The van der Waals surface area contributed by atoms with Gasteiger partial charge in [-0.05, 0) is 49.2 Å². The third-order valence-electron chi connectivity index (χ3n) is 5.50.